The number of amides is 1. The maximum Gasteiger partial charge on any atom is 0.289 e. The molecule has 1 aromatic carbocycles. The van der Waals surface area contributed by atoms with Crippen LogP contribution < -0.4 is 5.73 Å². The van der Waals surface area contributed by atoms with E-state index < -0.39 is 32.1 Å². The summed E-state index contributed by atoms with van der Waals surface area (Å²) in [6, 6.07) is 5.32. The van der Waals surface area contributed by atoms with E-state index in [4.69, 9.17) is 5.73 Å². The van der Waals surface area contributed by atoms with Crippen molar-refractivity contribution in [3.63, 3.8) is 0 Å². The van der Waals surface area contributed by atoms with E-state index in [9.17, 15) is 23.3 Å². The van der Waals surface area contributed by atoms with Crippen LogP contribution >= 0.6 is 0 Å². The molecule has 2 heterocycles. The second-order valence-electron chi connectivity index (χ2n) is 7.07. The van der Waals surface area contributed by atoms with Gasteiger partial charge in [0.2, 0.25) is 15.9 Å². The summed E-state index contributed by atoms with van der Waals surface area (Å²) in [5.41, 5.74) is 4.44. The van der Waals surface area contributed by atoms with Crippen LogP contribution in [0.3, 0.4) is 0 Å². The number of piperidine rings is 2. The molecule has 0 bridgehead atoms. The summed E-state index contributed by atoms with van der Waals surface area (Å²) < 4.78 is 27.1. The lowest BCUT2D eigenvalue weighted by molar-refractivity contribution is -0.387. The zero-order chi connectivity index (χ0) is 19.7. The number of nitro benzene ring substituents is 1. The molecule has 0 unspecified atom stereocenters. The monoisotopic (exact) mass is 396 g/mol. The van der Waals surface area contributed by atoms with Crippen molar-refractivity contribution in [2.45, 2.75) is 42.5 Å². The van der Waals surface area contributed by atoms with Crippen LogP contribution in [0.15, 0.2) is 29.2 Å². The third kappa shape index (κ3) is 3.56. The first kappa shape index (κ1) is 19.7. The second-order valence-corrected chi connectivity index (χ2v) is 8.98. The maximum absolute atomic E-state index is 13.0. The van der Waals surface area contributed by atoms with Crippen molar-refractivity contribution in [1.82, 2.24) is 9.21 Å². The number of likely N-dealkylation sites (tertiary alicyclic amines) is 1. The second kappa shape index (κ2) is 7.53. The Bertz CT molecular complexity index is 827. The number of hydrogen-bond donors (Lipinski definition) is 1. The number of carbonyl (C=O) groups is 1. The summed E-state index contributed by atoms with van der Waals surface area (Å²) in [7, 11) is -4.02. The van der Waals surface area contributed by atoms with Gasteiger partial charge in [0.15, 0.2) is 4.90 Å². The van der Waals surface area contributed by atoms with Gasteiger partial charge >= 0.3 is 0 Å². The van der Waals surface area contributed by atoms with Crippen molar-refractivity contribution in [2.24, 2.45) is 5.73 Å². The summed E-state index contributed by atoms with van der Waals surface area (Å²) in [5.74, 6) is -0.424. The van der Waals surface area contributed by atoms with Crippen molar-refractivity contribution in [3.05, 3.63) is 34.4 Å². The molecule has 0 saturated carbocycles. The van der Waals surface area contributed by atoms with E-state index in [0.29, 0.717) is 12.8 Å². The summed E-state index contributed by atoms with van der Waals surface area (Å²) in [6.07, 6.45) is 3.69. The van der Waals surface area contributed by atoms with Crippen molar-refractivity contribution < 1.29 is 18.1 Å². The Morgan fingerprint density at radius 1 is 1.07 bits per heavy atom. The van der Waals surface area contributed by atoms with E-state index in [1.807, 2.05) is 0 Å². The highest BCUT2D eigenvalue weighted by Gasteiger charge is 2.47. The summed E-state index contributed by atoms with van der Waals surface area (Å²) in [5, 5.41) is 11.2. The molecule has 0 aliphatic carbocycles. The Balaban J connectivity index is 1.84. The summed E-state index contributed by atoms with van der Waals surface area (Å²) in [6.45, 7) is 1.77. The molecule has 1 aromatic rings. The van der Waals surface area contributed by atoms with E-state index in [2.05, 4.69) is 4.90 Å². The van der Waals surface area contributed by atoms with Gasteiger partial charge in [-0.2, -0.15) is 4.31 Å². The molecule has 148 valence electrons. The molecule has 2 N–H and O–H groups in total. The number of nitro groups is 1. The zero-order valence-electron chi connectivity index (χ0n) is 15.0. The van der Waals surface area contributed by atoms with Crippen molar-refractivity contribution >= 4 is 21.6 Å². The number of hydrogen-bond acceptors (Lipinski definition) is 6. The van der Waals surface area contributed by atoms with Crippen LogP contribution in [0.25, 0.3) is 0 Å². The first-order valence-electron chi connectivity index (χ1n) is 9.07. The normalized spacial score (nSPS) is 21.6. The number of nitrogens with two attached hydrogens (primary N) is 1. The van der Waals surface area contributed by atoms with E-state index in [1.165, 1.54) is 28.6 Å². The molecule has 0 spiro atoms. The van der Waals surface area contributed by atoms with Crippen LogP contribution in [0, 0.1) is 10.1 Å². The molecule has 27 heavy (non-hydrogen) atoms. The van der Waals surface area contributed by atoms with Crippen molar-refractivity contribution in [1.29, 1.82) is 0 Å². The van der Waals surface area contributed by atoms with Gasteiger partial charge < -0.3 is 5.73 Å². The molecule has 2 saturated heterocycles. The van der Waals surface area contributed by atoms with Crippen LogP contribution in [0.4, 0.5) is 5.69 Å². The van der Waals surface area contributed by atoms with Crippen LogP contribution in [0.1, 0.15) is 32.1 Å². The van der Waals surface area contributed by atoms with Crippen molar-refractivity contribution in [2.75, 3.05) is 26.2 Å². The van der Waals surface area contributed by atoms with Crippen LogP contribution in [-0.2, 0) is 14.8 Å². The minimum atomic E-state index is -4.02. The van der Waals surface area contributed by atoms with Gasteiger partial charge in [-0.3, -0.25) is 19.8 Å². The lowest BCUT2D eigenvalue weighted by Crippen LogP contribution is -2.63. The van der Waals surface area contributed by atoms with Crippen LogP contribution in [-0.4, -0.2) is 60.2 Å². The number of nitrogens with zero attached hydrogens (tertiary/aromatic N) is 3. The topological polar surface area (TPSA) is 127 Å². The molecule has 10 heteroatoms. The third-order valence-corrected chi connectivity index (χ3v) is 7.60. The molecule has 9 nitrogen and oxygen atoms in total. The predicted octanol–water partition coefficient (Wildman–Crippen LogP) is 1.09. The minimum Gasteiger partial charge on any atom is -0.368 e. The van der Waals surface area contributed by atoms with E-state index in [-0.39, 0.29) is 18.0 Å². The van der Waals surface area contributed by atoms with Gasteiger partial charge in [-0.25, -0.2) is 8.42 Å². The largest absolute Gasteiger partial charge is 0.368 e. The van der Waals surface area contributed by atoms with E-state index in [1.54, 1.807) is 0 Å². The van der Waals surface area contributed by atoms with Crippen LogP contribution in [0.2, 0.25) is 0 Å². The Labute approximate surface area is 158 Å². The van der Waals surface area contributed by atoms with Gasteiger partial charge in [0.25, 0.3) is 5.69 Å². The number of rotatable bonds is 5. The lowest BCUT2D eigenvalue weighted by Gasteiger charge is -2.47. The minimum absolute atomic E-state index is 0.105. The molecule has 2 aliphatic heterocycles. The smallest absolute Gasteiger partial charge is 0.289 e. The quantitative estimate of drug-likeness (QED) is 0.586. The van der Waals surface area contributed by atoms with E-state index in [0.717, 1.165) is 32.4 Å². The highest BCUT2D eigenvalue weighted by atomic mass is 32.2. The van der Waals surface area contributed by atoms with Gasteiger partial charge in [0, 0.05) is 19.2 Å². The van der Waals surface area contributed by atoms with Crippen molar-refractivity contribution in [3.8, 4) is 0 Å². The Hall–Kier alpha value is -2.04. The highest BCUT2D eigenvalue weighted by Crippen LogP contribution is 2.35. The molecule has 0 atom stereocenters. The zero-order valence-corrected chi connectivity index (χ0v) is 15.9. The van der Waals surface area contributed by atoms with Gasteiger partial charge in [0.1, 0.15) is 5.54 Å². The predicted molar refractivity (Wildman–Crippen MR) is 98.4 cm³/mol. The molecule has 1 amide bonds. The molecule has 0 aromatic heterocycles. The average molecular weight is 396 g/mol. The molecular weight excluding hydrogens is 372 g/mol. The third-order valence-electron chi connectivity index (χ3n) is 5.65. The number of sulfonamides is 1. The number of benzene rings is 1. The van der Waals surface area contributed by atoms with Gasteiger partial charge in [-0.1, -0.05) is 18.6 Å². The first-order chi connectivity index (χ1) is 12.8. The van der Waals surface area contributed by atoms with E-state index >= 15 is 0 Å². The average Bonchev–Trinajstić information content (AvgIpc) is 2.68. The molecule has 2 fully saturated rings. The lowest BCUT2D eigenvalue weighted by atomic mass is 9.84. The summed E-state index contributed by atoms with van der Waals surface area (Å²) >= 11 is 0. The summed E-state index contributed by atoms with van der Waals surface area (Å²) in [4.78, 5) is 24.5. The fourth-order valence-electron chi connectivity index (χ4n) is 4.10. The molecule has 0 radical (unpaired) electrons. The number of para-hydroxylation sites is 1. The Morgan fingerprint density at radius 3 is 2.22 bits per heavy atom. The highest BCUT2D eigenvalue weighted by molar-refractivity contribution is 7.89. The number of primary amides is 1. The van der Waals surface area contributed by atoms with Crippen LogP contribution in [0.5, 0.6) is 0 Å². The SMILES string of the molecule is NC(=O)C1(N2CCCCC2)CCN(S(=O)(=O)c2ccccc2[N+](=O)[O-])CC1. The molecular formula is C17H24N4O5S. The maximum atomic E-state index is 13.0. The van der Waals surface area contributed by atoms with Gasteiger partial charge in [-0.15, -0.1) is 0 Å². The fourth-order valence-corrected chi connectivity index (χ4v) is 5.70. The van der Waals surface area contributed by atoms with Gasteiger partial charge in [0.05, 0.1) is 4.92 Å². The first-order valence-corrected chi connectivity index (χ1v) is 10.5. The Kier molecular flexibility index (Phi) is 5.50. The molecule has 3 rings (SSSR count). The number of carbonyl (C=O) groups excluding carboxylic acids is 1. The van der Waals surface area contributed by atoms with Gasteiger partial charge in [-0.05, 0) is 44.8 Å². The molecule has 2 aliphatic rings. The standard InChI is InChI=1S/C17H24N4O5S/c18-16(22)17(19-10-4-1-5-11-19)8-12-20(13-9-17)27(25,26)15-7-3-2-6-14(15)21(23)24/h2-3,6-7H,1,4-5,8-13H2,(H2,18,22). The fraction of sp³-hybridized carbons (Fsp3) is 0.588. The Morgan fingerprint density at radius 2 is 1.67 bits per heavy atom.